The van der Waals surface area contributed by atoms with Crippen molar-refractivity contribution in [1.29, 1.82) is 0 Å². The van der Waals surface area contributed by atoms with Crippen molar-refractivity contribution in [2.75, 3.05) is 20.3 Å². The van der Waals surface area contributed by atoms with Crippen LogP contribution in [0.3, 0.4) is 0 Å². The second kappa shape index (κ2) is 7.45. The lowest BCUT2D eigenvalue weighted by Crippen LogP contribution is -2.39. The molecule has 0 N–H and O–H groups in total. The maximum Gasteiger partial charge on any atom is 0.255 e. The van der Waals surface area contributed by atoms with Gasteiger partial charge in [0.25, 0.3) is 5.91 Å². The molecular formula is C13H17BrINO2. The quantitative estimate of drug-likeness (QED) is 0.675. The fourth-order valence-electron chi connectivity index (χ4n) is 1.60. The Kier molecular flexibility index (Phi) is 6.59. The summed E-state index contributed by atoms with van der Waals surface area (Å²) in [5.74, 6) is 0.0488. The van der Waals surface area contributed by atoms with E-state index in [1.807, 2.05) is 36.9 Å². The molecule has 18 heavy (non-hydrogen) atoms. The van der Waals surface area contributed by atoms with Crippen LogP contribution >= 0.6 is 38.5 Å². The Morgan fingerprint density at radius 1 is 1.50 bits per heavy atom. The van der Waals surface area contributed by atoms with Crippen molar-refractivity contribution in [3.63, 3.8) is 0 Å². The number of hydrogen-bond acceptors (Lipinski definition) is 2. The van der Waals surface area contributed by atoms with Crippen LogP contribution in [0.1, 0.15) is 24.2 Å². The molecule has 100 valence electrons. The summed E-state index contributed by atoms with van der Waals surface area (Å²) in [6, 6.07) is 5.90. The highest BCUT2D eigenvalue weighted by Crippen LogP contribution is 2.20. The molecule has 1 rings (SSSR count). The zero-order valence-corrected chi connectivity index (χ0v) is 14.5. The summed E-state index contributed by atoms with van der Waals surface area (Å²) in [7, 11) is 1.64. The van der Waals surface area contributed by atoms with E-state index in [1.165, 1.54) is 0 Å². The van der Waals surface area contributed by atoms with Crippen LogP contribution in [-0.2, 0) is 4.74 Å². The lowest BCUT2D eigenvalue weighted by molar-refractivity contribution is 0.0634. The number of ether oxygens (including phenoxy) is 1. The van der Waals surface area contributed by atoms with Gasteiger partial charge in [-0.25, -0.2) is 0 Å². The molecule has 0 saturated carbocycles. The molecule has 0 aromatic heterocycles. The monoisotopic (exact) mass is 425 g/mol. The smallest absolute Gasteiger partial charge is 0.255 e. The molecule has 0 spiro atoms. The number of carbonyl (C=O) groups excluding carboxylic acids is 1. The molecule has 0 heterocycles. The third-order valence-electron chi connectivity index (χ3n) is 2.58. The Labute approximate surface area is 130 Å². The SMILES string of the molecule is COCCN(C(=O)c1cc(Br)ccc1I)C(C)C. The normalized spacial score (nSPS) is 10.8. The fourth-order valence-corrected chi connectivity index (χ4v) is 2.53. The predicted octanol–water partition coefficient (Wildman–Crippen LogP) is 3.55. The summed E-state index contributed by atoms with van der Waals surface area (Å²) in [5, 5.41) is 0. The molecule has 3 nitrogen and oxygen atoms in total. The number of benzene rings is 1. The summed E-state index contributed by atoms with van der Waals surface area (Å²) in [6.07, 6.45) is 0. The maximum absolute atomic E-state index is 12.5. The molecule has 0 unspecified atom stereocenters. The Morgan fingerprint density at radius 3 is 2.72 bits per heavy atom. The summed E-state index contributed by atoms with van der Waals surface area (Å²) in [5.41, 5.74) is 0.731. The molecule has 0 aliphatic carbocycles. The number of halogens is 2. The highest BCUT2D eigenvalue weighted by molar-refractivity contribution is 14.1. The van der Waals surface area contributed by atoms with Gasteiger partial charge in [-0.05, 0) is 54.6 Å². The second-order valence-corrected chi connectivity index (χ2v) is 6.29. The lowest BCUT2D eigenvalue weighted by Gasteiger charge is -2.27. The summed E-state index contributed by atoms with van der Waals surface area (Å²) < 4.78 is 6.94. The van der Waals surface area contributed by atoms with Crippen LogP contribution in [0.25, 0.3) is 0 Å². The molecule has 1 aromatic carbocycles. The average Bonchev–Trinajstić information content (AvgIpc) is 2.32. The fraction of sp³-hybridized carbons (Fsp3) is 0.462. The first-order valence-electron chi connectivity index (χ1n) is 5.72. The van der Waals surface area contributed by atoms with Crippen molar-refractivity contribution in [1.82, 2.24) is 4.90 Å². The van der Waals surface area contributed by atoms with Crippen molar-refractivity contribution in [2.24, 2.45) is 0 Å². The highest BCUT2D eigenvalue weighted by atomic mass is 127. The van der Waals surface area contributed by atoms with Crippen molar-refractivity contribution < 1.29 is 9.53 Å². The molecule has 5 heteroatoms. The number of nitrogens with zero attached hydrogens (tertiary/aromatic N) is 1. The summed E-state index contributed by atoms with van der Waals surface area (Å²) in [6.45, 7) is 5.18. The van der Waals surface area contributed by atoms with Gasteiger partial charge in [0.1, 0.15) is 0 Å². The van der Waals surface area contributed by atoms with Gasteiger partial charge in [-0.1, -0.05) is 15.9 Å². The third kappa shape index (κ3) is 4.20. The molecule has 0 radical (unpaired) electrons. The van der Waals surface area contributed by atoms with Crippen LogP contribution in [0.5, 0.6) is 0 Å². The highest BCUT2D eigenvalue weighted by Gasteiger charge is 2.20. The molecule has 0 fully saturated rings. The zero-order valence-electron chi connectivity index (χ0n) is 10.7. The average molecular weight is 426 g/mol. The lowest BCUT2D eigenvalue weighted by atomic mass is 10.1. The Balaban J connectivity index is 2.98. The van der Waals surface area contributed by atoms with E-state index in [1.54, 1.807) is 7.11 Å². The Morgan fingerprint density at radius 2 is 2.17 bits per heavy atom. The molecule has 1 amide bonds. The second-order valence-electron chi connectivity index (χ2n) is 4.21. The first kappa shape index (κ1) is 15.9. The van der Waals surface area contributed by atoms with Crippen LogP contribution in [0.4, 0.5) is 0 Å². The van der Waals surface area contributed by atoms with E-state index in [-0.39, 0.29) is 11.9 Å². The van der Waals surface area contributed by atoms with Gasteiger partial charge >= 0.3 is 0 Å². The van der Waals surface area contributed by atoms with Crippen LogP contribution in [0, 0.1) is 3.57 Å². The third-order valence-corrected chi connectivity index (χ3v) is 4.01. The number of carbonyl (C=O) groups is 1. The minimum Gasteiger partial charge on any atom is -0.383 e. The van der Waals surface area contributed by atoms with Crippen LogP contribution in [0.15, 0.2) is 22.7 Å². The standard InChI is InChI=1S/C13H17BrINO2/c1-9(2)16(6-7-18-3)13(17)11-8-10(14)4-5-12(11)15/h4-5,8-9H,6-7H2,1-3H3. The Bertz CT molecular complexity index is 423. The van der Waals surface area contributed by atoms with Crippen LogP contribution in [0.2, 0.25) is 0 Å². The van der Waals surface area contributed by atoms with Gasteiger partial charge < -0.3 is 9.64 Å². The molecule has 1 aromatic rings. The van der Waals surface area contributed by atoms with E-state index in [2.05, 4.69) is 38.5 Å². The van der Waals surface area contributed by atoms with Crippen molar-refractivity contribution in [3.8, 4) is 0 Å². The van der Waals surface area contributed by atoms with Gasteiger partial charge in [-0.2, -0.15) is 0 Å². The van der Waals surface area contributed by atoms with E-state index in [0.717, 1.165) is 13.6 Å². The van der Waals surface area contributed by atoms with Gasteiger partial charge in [-0.3, -0.25) is 4.79 Å². The van der Waals surface area contributed by atoms with E-state index in [4.69, 9.17) is 4.74 Å². The van der Waals surface area contributed by atoms with Crippen molar-refractivity contribution >= 4 is 44.4 Å². The molecule has 0 aliphatic heterocycles. The topological polar surface area (TPSA) is 29.5 Å². The van der Waals surface area contributed by atoms with E-state index in [0.29, 0.717) is 13.2 Å². The summed E-state index contributed by atoms with van der Waals surface area (Å²) in [4.78, 5) is 14.3. The van der Waals surface area contributed by atoms with E-state index < -0.39 is 0 Å². The van der Waals surface area contributed by atoms with E-state index >= 15 is 0 Å². The van der Waals surface area contributed by atoms with Crippen LogP contribution in [-0.4, -0.2) is 37.1 Å². The number of amides is 1. The first-order chi connectivity index (χ1) is 8.47. The molecule has 0 bridgehead atoms. The van der Waals surface area contributed by atoms with Gasteiger partial charge in [0.2, 0.25) is 0 Å². The molecular weight excluding hydrogens is 409 g/mol. The zero-order chi connectivity index (χ0) is 13.7. The van der Waals surface area contributed by atoms with Gasteiger partial charge in [0.05, 0.1) is 12.2 Å². The predicted molar refractivity (Wildman–Crippen MR) is 84.9 cm³/mol. The minimum absolute atomic E-state index is 0.0488. The van der Waals surface area contributed by atoms with Gasteiger partial charge in [-0.15, -0.1) is 0 Å². The first-order valence-corrected chi connectivity index (χ1v) is 7.59. The number of methoxy groups -OCH3 is 1. The maximum atomic E-state index is 12.5. The van der Waals surface area contributed by atoms with Crippen molar-refractivity contribution in [2.45, 2.75) is 19.9 Å². The summed E-state index contributed by atoms with van der Waals surface area (Å²) >= 11 is 5.59. The van der Waals surface area contributed by atoms with Gasteiger partial charge in [0.15, 0.2) is 0 Å². The van der Waals surface area contributed by atoms with E-state index in [9.17, 15) is 4.79 Å². The van der Waals surface area contributed by atoms with Crippen LogP contribution < -0.4 is 0 Å². The van der Waals surface area contributed by atoms with Crippen molar-refractivity contribution in [3.05, 3.63) is 31.8 Å². The molecule has 0 saturated heterocycles. The number of hydrogen-bond donors (Lipinski definition) is 0. The largest absolute Gasteiger partial charge is 0.383 e. The Hall–Kier alpha value is -0.140. The molecule has 0 aliphatic rings. The number of rotatable bonds is 5. The van der Waals surface area contributed by atoms with Gasteiger partial charge in [0, 0.05) is 27.7 Å². The molecule has 0 atom stereocenters. The minimum atomic E-state index is 0.0488.